The maximum absolute atomic E-state index is 14.8. The first kappa shape index (κ1) is 24.8. The summed E-state index contributed by atoms with van der Waals surface area (Å²) in [5.74, 6) is 0.00889. The van der Waals surface area contributed by atoms with E-state index in [0.29, 0.717) is 23.6 Å². The summed E-state index contributed by atoms with van der Waals surface area (Å²) in [7, 11) is 0. The number of halogens is 2. The average Bonchev–Trinajstić information content (AvgIpc) is 2.83. The molecule has 0 N–H and O–H groups in total. The zero-order valence-electron chi connectivity index (χ0n) is 20.0. The number of unbranched alkanes of at least 4 members (excludes halogenated alkanes) is 4. The molecule has 0 amide bonds. The fraction of sp³-hybridized carbons (Fsp3) is 0.643. The number of aromatic nitrogens is 2. The molecule has 4 heteroatoms. The first-order valence-electron chi connectivity index (χ1n) is 12.9. The zero-order chi connectivity index (χ0) is 22.8. The lowest BCUT2D eigenvalue weighted by molar-refractivity contribution is 0.249. The third kappa shape index (κ3) is 7.08. The normalized spacial score (nSPS) is 18.8. The van der Waals surface area contributed by atoms with Gasteiger partial charge in [-0.25, -0.2) is 8.78 Å². The van der Waals surface area contributed by atoms with Gasteiger partial charge in [0, 0.05) is 5.56 Å². The number of hydrogen-bond acceptors (Lipinski definition) is 2. The molecule has 176 valence electrons. The first-order valence-corrected chi connectivity index (χ1v) is 12.9. The number of hydrogen-bond donors (Lipinski definition) is 0. The molecule has 2 aromatic rings. The van der Waals surface area contributed by atoms with Crippen molar-refractivity contribution in [2.45, 2.75) is 104 Å². The first-order chi connectivity index (χ1) is 15.6. The molecule has 3 rings (SSSR count). The molecule has 0 unspecified atom stereocenters. The van der Waals surface area contributed by atoms with Crippen molar-refractivity contribution in [2.75, 3.05) is 0 Å². The Bertz CT molecular complexity index is 811. The van der Waals surface area contributed by atoms with Gasteiger partial charge >= 0.3 is 0 Å². The molecule has 1 saturated carbocycles. The van der Waals surface area contributed by atoms with Crippen molar-refractivity contribution < 1.29 is 8.78 Å². The molecule has 0 saturated heterocycles. The largest absolute Gasteiger partial charge is 0.203 e. The van der Waals surface area contributed by atoms with Crippen molar-refractivity contribution >= 4 is 0 Å². The maximum atomic E-state index is 14.8. The second-order valence-corrected chi connectivity index (χ2v) is 9.69. The van der Waals surface area contributed by atoms with Crippen molar-refractivity contribution in [3.05, 3.63) is 47.2 Å². The standard InChI is InChI=1S/C28H40F2N2/c1-3-5-7-8-10-24-18-20-26(32-31-24)25-19-17-23(27(29)28(25)30)16-15-22-13-11-21(12-14-22)9-6-4-2/h17-22H,3-16H2,1-2H3. The van der Waals surface area contributed by atoms with Crippen LogP contribution in [0, 0.1) is 23.5 Å². The highest BCUT2D eigenvalue weighted by Crippen LogP contribution is 2.35. The molecule has 2 nitrogen and oxygen atoms in total. The summed E-state index contributed by atoms with van der Waals surface area (Å²) >= 11 is 0. The van der Waals surface area contributed by atoms with Gasteiger partial charge in [-0.15, -0.1) is 0 Å². The smallest absolute Gasteiger partial charge is 0.168 e. The third-order valence-electron chi connectivity index (χ3n) is 7.20. The minimum Gasteiger partial charge on any atom is -0.203 e. The second kappa shape index (κ2) is 13.0. The van der Waals surface area contributed by atoms with E-state index < -0.39 is 11.6 Å². The predicted molar refractivity (Wildman–Crippen MR) is 129 cm³/mol. The highest BCUT2D eigenvalue weighted by Gasteiger charge is 2.22. The van der Waals surface area contributed by atoms with Crippen molar-refractivity contribution in [2.24, 2.45) is 11.8 Å². The van der Waals surface area contributed by atoms with Gasteiger partial charge in [0.2, 0.25) is 0 Å². The minimum atomic E-state index is -0.796. The molecule has 0 aliphatic heterocycles. The number of nitrogens with zero attached hydrogens (tertiary/aromatic N) is 2. The van der Waals surface area contributed by atoms with Gasteiger partial charge in [0.15, 0.2) is 11.6 Å². The second-order valence-electron chi connectivity index (χ2n) is 9.69. The van der Waals surface area contributed by atoms with E-state index >= 15 is 0 Å². The van der Waals surface area contributed by atoms with Gasteiger partial charge in [0.1, 0.15) is 0 Å². The van der Waals surface area contributed by atoms with E-state index in [1.165, 1.54) is 64.2 Å². The van der Waals surface area contributed by atoms with Gasteiger partial charge in [-0.2, -0.15) is 10.2 Å². The van der Waals surface area contributed by atoms with E-state index in [9.17, 15) is 8.78 Å². The molecule has 1 aromatic carbocycles. The van der Waals surface area contributed by atoms with Crippen LogP contribution in [-0.2, 0) is 12.8 Å². The molecule has 0 radical (unpaired) electrons. The van der Waals surface area contributed by atoms with Gasteiger partial charge in [0.05, 0.1) is 11.4 Å². The van der Waals surface area contributed by atoms with Crippen LogP contribution in [0.15, 0.2) is 24.3 Å². The van der Waals surface area contributed by atoms with Crippen LogP contribution in [-0.4, -0.2) is 10.2 Å². The van der Waals surface area contributed by atoms with Crippen LogP contribution in [0.5, 0.6) is 0 Å². The summed E-state index contributed by atoms with van der Waals surface area (Å²) < 4.78 is 29.6. The summed E-state index contributed by atoms with van der Waals surface area (Å²) in [4.78, 5) is 0. The van der Waals surface area contributed by atoms with Crippen molar-refractivity contribution in [1.29, 1.82) is 0 Å². The fourth-order valence-corrected chi connectivity index (χ4v) is 5.01. The number of benzene rings is 1. The molecule has 1 heterocycles. The molecule has 1 fully saturated rings. The van der Waals surface area contributed by atoms with Gasteiger partial charge in [-0.3, -0.25) is 0 Å². The molecule has 1 aromatic heterocycles. The Labute approximate surface area is 193 Å². The molecule has 32 heavy (non-hydrogen) atoms. The maximum Gasteiger partial charge on any atom is 0.168 e. The summed E-state index contributed by atoms with van der Waals surface area (Å²) in [6.07, 6.45) is 16.1. The van der Waals surface area contributed by atoms with E-state index in [1.807, 2.05) is 6.07 Å². The number of aryl methyl sites for hydroxylation is 2. The SMILES string of the molecule is CCCCCCc1ccc(-c2ccc(CCC3CCC(CCCC)CC3)c(F)c2F)nn1. The Hall–Kier alpha value is -1.84. The van der Waals surface area contributed by atoms with E-state index in [4.69, 9.17) is 0 Å². The lowest BCUT2D eigenvalue weighted by Crippen LogP contribution is -2.15. The molecule has 0 bridgehead atoms. The molecular formula is C28H40F2N2. The van der Waals surface area contributed by atoms with Gasteiger partial charge in [0.25, 0.3) is 0 Å². The van der Waals surface area contributed by atoms with Gasteiger partial charge in [-0.05, 0) is 61.3 Å². The Morgan fingerprint density at radius 2 is 1.44 bits per heavy atom. The third-order valence-corrected chi connectivity index (χ3v) is 7.20. The topological polar surface area (TPSA) is 25.8 Å². The van der Waals surface area contributed by atoms with E-state index in [2.05, 4.69) is 24.0 Å². The van der Waals surface area contributed by atoms with Crippen molar-refractivity contribution in [3.8, 4) is 11.3 Å². The van der Waals surface area contributed by atoms with Crippen LogP contribution in [0.1, 0.15) is 102 Å². The van der Waals surface area contributed by atoms with Crippen LogP contribution in [0.2, 0.25) is 0 Å². The molecular weight excluding hydrogens is 402 g/mol. The van der Waals surface area contributed by atoms with E-state index in [0.717, 1.165) is 30.9 Å². The molecule has 0 spiro atoms. The fourth-order valence-electron chi connectivity index (χ4n) is 5.01. The molecule has 1 aliphatic carbocycles. The van der Waals surface area contributed by atoms with Crippen LogP contribution in [0.3, 0.4) is 0 Å². The van der Waals surface area contributed by atoms with Gasteiger partial charge in [-0.1, -0.05) is 84.1 Å². The average molecular weight is 443 g/mol. The summed E-state index contributed by atoms with van der Waals surface area (Å²) in [6.45, 7) is 4.44. The van der Waals surface area contributed by atoms with Crippen LogP contribution >= 0.6 is 0 Å². The van der Waals surface area contributed by atoms with Crippen molar-refractivity contribution in [3.63, 3.8) is 0 Å². The van der Waals surface area contributed by atoms with Crippen LogP contribution < -0.4 is 0 Å². The minimum absolute atomic E-state index is 0.202. The Balaban J connectivity index is 1.54. The summed E-state index contributed by atoms with van der Waals surface area (Å²) in [6, 6.07) is 7.05. The molecule has 1 aliphatic rings. The van der Waals surface area contributed by atoms with Gasteiger partial charge < -0.3 is 0 Å². The quantitative estimate of drug-likeness (QED) is 0.308. The monoisotopic (exact) mass is 442 g/mol. The summed E-state index contributed by atoms with van der Waals surface area (Å²) in [5.41, 5.74) is 2.00. The lowest BCUT2D eigenvalue weighted by atomic mass is 9.78. The van der Waals surface area contributed by atoms with Crippen molar-refractivity contribution in [1.82, 2.24) is 10.2 Å². The Morgan fingerprint density at radius 1 is 0.719 bits per heavy atom. The zero-order valence-corrected chi connectivity index (χ0v) is 20.0. The van der Waals surface area contributed by atoms with E-state index in [-0.39, 0.29) is 5.56 Å². The van der Waals surface area contributed by atoms with E-state index in [1.54, 1.807) is 18.2 Å². The lowest BCUT2D eigenvalue weighted by Gasteiger charge is -2.28. The van der Waals surface area contributed by atoms with Crippen LogP contribution in [0.25, 0.3) is 11.3 Å². The summed E-state index contributed by atoms with van der Waals surface area (Å²) in [5, 5.41) is 8.40. The van der Waals surface area contributed by atoms with Crippen LogP contribution in [0.4, 0.5) is 8.78 Å². The molecule has 0 atom stereocenters. The Kier molecular flexibility index (Phi) is 10.1. The predicted octanol–water partition coefficient (Wildman–Crippen LogP) is 8.47. The highest BCUT2D eigenvalue weighted by molar-refractivity contribution is 5.60. The number of rotatable bonds is 12. The highest BCUT2D eigenvalue weighted by atomic mass is 19.2. The Morgan fingerprint density at radius 3 is 2.09 bits per heavy atom.